The van der Waals surface area contributed by atoms with Gasteiger partial charge in [0.1, 0.15) is 0 Å². The summed E-state index contributed by atoms with van der Waals surface area (Å²) in [5, 5.41) is 3.65. The van der Waals surface area contributed by atoms with Gasteiger partial charge in [0.05, 0.1) is 0 Å². The molecule has 0 aromatic rings. The van der Waals surface area contributed by atoms with Crippen LogP contribution in [-0.2, 0) is 0 Å². The van der Waals surface area contributed by atoms with E-state index in [1.165, 1.54) is 64.5 Å². The summed E-state index contributed by atoms with van der Waals surface area (Å²) >= 11 is 0. The normalized spacial score (nSPS) is 20.1. The van der Waals surface area contributed by atoms with Gasteiger partial charge in [0, 0.05) is 6.54 Å². The van der Waals surface area contributed by atoms with Crippen molar-refractivity contribution in [3.05, 3.63) is 0 Å². The number of hydrogen-bond acceptors (Lipinski definition) is 1. The molecule has 1 heteroatoms. The maximum absolute atomic E-state index is 3.65. The molecule has 0 bridgehead atoms. The molecule has 0 aromatic heterocycles. The Morgan fingerprint density at radius 1 is 1.07 bits per heavy atom. The molecular formula is C13H27N. The second kappa shape index (κ2) is 6.44. The molecule has 0 spiro atoms. The van der Waals surface area contributed by atoms with Gasteiger partial charge >= 0.3 is 0 Å². The summed E-state index contributed by atoms with van der Waals surface area (Å²) in [5.41, 5.74) is 0.673. The smallest absolute Gasteiger partial charge is 0.000770 e. The lowest BCUT2D eigenvalue weighted by atomic mass is 9.83. The summed E-state index contributed by atoms with van der Waals surface area (Å²) in [6.07, 6.45) is 11.3. The Labute approximate surface area is 89.7 Å². The molecule has 1 saturated carbocycles. The Balaban J connectivity index is 2.08. The molecule has 0 aromatic carbocycles. The fourth-order valence-corrected chi connectivity index (χ4v) is 2.63. The van der Waals surface area contributed by atoms with Crippen LogP contribution in [0.15, 0.2) is 0 Å². The van der Waals surface area contributed by atoms with Crippen LogP contribution in [0.1, 0.15) is 65.2 Å². The monoisotopic (exact) mass is 197 g/mol. The molecule has 1 aliphatic carbocycles. The van der Waals surface area contributed by atoms with E-state index in [9.17, 15) is 0 Å². The molecule has 14 heavy (non-hydrogen) atoms. The quantitative estimate of drug-likeness (QED) is 0.613. The van der Waals surface area contributed by atoms with Gasteiger partial charge in [-0.25, -0.2) is 0 Å². The van der Waals surface area contributed by atoms with Crippen LogP contribution < -0.4 is 5.32 Å². The van der Waals surface area contributed by atoms with Crippen molar-refractivity contribution in [1.29, 1.82) is 0 Å². The third kappa shape index (κ3) is 3.61. The Hall–Kier alpha value is -0.0400. The molecule has 0 saturated heterocycles. The van der Waals surface area contributed by atoms with Gasteiger partial charge < -0.3 is 5.32 Å². The average molecular weight is 197 g/mol. The van der Waals surface area contributed by atoms with E-state index in [-0.39, 0.29) is 0 Å². The first-order chi connectivity index (χ1) is 6.83. The summed E-state index contributed by atoms with van der Waals surface area (Å²) in [5.74, 6) is 0. The predicted molar refractivity (Wildman–Crippen MR) is 63.6 cm³/mol. The van der Waals surface area contributed by atoms with Crippen molar-refractivity contribution < 1.29 is 0 Å². The maximum atomic E-state index is 3.65. The van der Waals surface area contributed by atoms with Crippen molar-refractivity contribution in [2.75, 3.05) is 13.1 Å². The van der Waals surface area contributed by atoms with E-state index in [2.05, 4.69) is 19.2 Å². The highest BCUT2D eigenvalue weighted by atomic mass is 14.9. The van der Waals surface area contributed by atoms with Crippen molar-refractivity contribution in [2.45, 2.75) is 65.2 Å². The third-order valence-electron chi connectivity index (χ3n) is 3.87. The standard InChI is InChI=1S/C13H27N/c1-3-5-8-11-14-12-13(4-2)9-6-7-10-13/h14H,3-12H2,1-2H3. The highest BCUT2D eigenvalue weighted by Gasteiger charge is 2.30. The molecule has 1 rings (SSSR count). The molecule has 0 unspecified atom stereocenters. The minimum atomic E-state index is 0.673. The molecule has 0 atom stereocenters. The second-order valence-corrected chi connectivity index (χ2v) is 4.94. The molecule has 84 valence electrons. The van der Waals surface area contributed by atoms with Crippen LogP contribution in [0.5, 0.6) is 0 Å². The first-order valence-electron chi connectivity index (χ1n) is 6.54. The Kier molecular flexibility index (Phi) is 5.54. The van der Waals surface area contributed by atoms with Gasteiger partial charge in [-0.05, 0) is 37.6 Å². The van der Waals surface area contributed by atoms with Crippen molar-refractivity contribution in [3.63, 3.8) is 0 Å². The first-order valence-corrected chi connectivity index (χ1v) is 6.54. The van der Waals surface area contributed by atoms with Crippen molar-refractivity contribution in [2.24, 2.45) is 5.41 Å². The summed E-state index contributed by atoms with van der Waals surface area (Å²) in [4.78, 5) is 0. The number of nitrogens with one attached hydrogen (secondary N) is 1. The van der Waals surface area contributed by atoms with Gasteiger partial charge in [-0.3, -0.25) is 0 Å². The summed E-state index contributed by atoms with van der Waals surface area (Å²) in [7, 11) is 0. The zero-order chi connectivity index (χ0) is 10.3. The maximum Gasteiger partial charge on any atom is 0.000770 e. The largest absolute Gasteiger partial charge is 0.316 e. The fourth-order valence-electron chi connectivity index (χ4n) is 2.63. The molecular weight excluding hydrogens is 170 g/mol. The second-order valence-electron chi connectivity index (χ2n) is 4.94. The van der Waals surface area contributed by atoms with E-state index in [0.717, 1.165) is 0 Å². The zero-order valence-corrected chi connectivity index (χ0v) is 10.1. The van der Waals surface area contributed by atoms with Crippen molar-refractivity contribution in [3.8, 4) is 0 Å². The van der Waals surface area contributed by atoms with Crippen LogP contribution in [-0.4, -0.2) is 13.1 Å². The number of unbranched alkanes of at least 4 members (excludes halogenated alkanes) is 2. The highest BCUT2D eigenvalue weighted by molar-refractivity contribution is 4.85. The van der Waals surface area contributed by atoms with Gasteiger partial charge in [0.2, 0.25) is 0 Å². The highest BCUT2D eigenvalue weighted by Crippen LogP contribution is 2.40. The Morgan fingerprint density at radius 2 is 1.79 bits per heavy atom. The van der Waals surface area contributed by atoms with E-state index < -0.39 is 0 Å². The third-order valence-corrected chi connectivity index (χ3v) is 3.87. The molecule has 0 amide bonds. The molecule has 1 fully saturated rings. The summed E-state index contributed by atoms with van der Waals surface area (Å²) < 4.78 is 0. The molecule has 1 aliphatic rings. The lowest BCUT2D eigenvalue weighted by molar-refractivity contribution is 0.268. The minimum Gasteiger partial charge on any atom is -0.316 e. The SMILES string of the molecule is CCCCCNCC1(CC)CCCC1. The van der Waals surface area contributed by atoms with Crippen LogP contribution in [0.25, 0.3) is 0 Å². The molecule has 0 radical (unpaired) electrons. The van der Waals surface area contributed by atoms with Crippen molar-refractivity contribution >= 4 is 0 Å². The van der Waals surface area contributed by atoms with Crippen LogP contribution in [0.2, 0.25) is 0 Å². The fraction of sp³-hybridized carbons (Fsp3) is 1.00. The zero-order valence-electron chi connectivity index (χ0n) is 10.1. The summed E-state index contributed by atoms with van der Waals surface area (Å²) in [6.45, 7) is 7.13. The van der Waals surface area contributed by atoms with Gasteiger partial charge in [-0.1, -0.05) is 39.5 Å². The van der Waals surface area contributed by atoms with E-state index in [1.807, 2.05) is 0 Å². The lowest BCUT2D eigenvalue weighted by Gasteiger charge is -2.27. The Bertz CT molecular complexity index is 136. The molecule has 0 heterocycles. The van der Waals surface area contributed by atoms with Gasteiger partial charge in [0.15, 0.2) is 0 Å². The van der Waals surface area contributed by atoms with Crippen LogP contribution in [0, 0.1) is 5.41 Å². The predicted octanol–water partition coefficient (Wildman–Crippen LogP) is 3.74. The lowest BCUT2D eigenvalue weighted by Crippen LogP contribution is -2.32. The van der Waals surface area contributed by atoms with Crippen LogP contribution >= 0.6 is 0 Å². The van der Waals surface area contributed by atoms with Crippen LogP contribution in [0.4, 0.5) is 0 Å². The van der Waals surface area contributed by atoms with E-state index in [4.69, 9.17) is 0 Å². The molecule has 1 N–H and O–H groups in total. The van der Waals surface area contributed by atoms with Gasteiger partial charge in [-0.2, -0.15) is 0 Å². The summed E-state index contributed by atoms with van der Waals surface area (Å²) in [6, 6.07) is 0. The molecule has 1 nitrogen and oxygen atoms in total. The van der Waals surface area contributed by atoms with Gasteiger partial charge in [0.25, 0.3) is 0 Å². The van der Waals surface area contributed by atoms with E-state index in [0.29, 0.717) is 5.41 Å². The first kappa shape index (κ1) is 12.0. The van der Waals surface area contributed by atoms with E-state index in [1.54, 1.807) is 0 Å². The van der Waals surface area contributed by atoms with Crippen LogP contribution in [0.3, 0.4) is 0 Å². The van der Waals surface area contributed by atoms with Crippen molar-refractivity contribution in [1.82, 2.24) is 5.32 Å². The number of rotatable bonds is 7. The van der Waals surface area contributed by atoms with E-state index >= 15 is 0 Å². The topological polar surface area (TPSA) is 12.0 Å². The minimum absolute atomic E-state index is 0.673. The molecule has 0 aliphatic heterocycles. The number of hydrogen-bond donors (Lipinski definition) is 1. The average Bonchev–Trinajstić information content (AvgIpc) is 2.67. The Morgan fingerprint density at radius 3 is 2.36 bits per heavy atom. The van der Waals surface area contributed by atoms with Gasteiger partial charge in [-0.15, -0.1) is 0 Å².